The van der Waals surface area contributed by atoms with Crippen LogP contribution in [0.5, 0.6) is 0 Å². The maximum Gasteiger partial charge on any atom is 0.438 e. The molecule has 0 bridgehead atoms. The Balaban J connectivity index is 4.32. The molecule has 0 radical (unpaired) electrons. The van der Waals surface area contributed by atoms with Gasteiger partial charge in [0.15, 0.2) is 0 Å². The summed E-state index contributed by atoms with van der Waals surface area (Å²) in [6.07, 6.45) is -3.88. The molecule has 3 N–H and O–H groups in total. The Morgan fingerprint density at radius 3 is 2.08 bits per heavy atom. The van der Waals surface area contributed by atoms with E-state index in [1.54, 1.807) is 0 Å². The molecule has 0 unspecified atom stereocenters. The van der Waals surface area contributed by atoms with Gasteiger partial charge in [-0.2, -0.15) is 8.78 Å². The van der Waals surface area contributed by atoms with E-state index in [0.717, 1.165) is 0 Å². The molecule has 0 aliphatic heterocycles. The van der Waals surface area contributed by atoms with Crippen molar-refractivity contribution in [3.63, 3.8) is 0 Å². The smallest absolute Gasteiger partial charge is 0.307 e. The van der Waals surface area contributed by atoms with Gasteiger partial charge in [-0.15, -0.1) is 0 Å². The van der Waals surface area contributed by atoms with Crippen LogP contribution in [-0.4, -0.2) is 17.6 Å². The first kappa shape index (κ1) is 11.2. The monoisotopic (exact) mass is 182 g/mol. The molecule has 0 aliphatic rings. The van der Waals surface area contributed by atoms with Crippen LogP contribution in [0.4, 0.5) is 8.78 Å². The quantitative estimate of drug-likeness (QED) is 0.368. The van der Waals surface area contributed by atoms with Gasteiger partial charge in [0.25, 0.3) is 0 Å². The minimum Gasteiger partial charge on any atom is -0.307 e. The average Bonchev–Trinajstić information content (AvgIpc) is 1.80. The molecule has 0 atom stereocenters. The second-order valence-electron chi connectivity index (χ2n) is 3.20. The van der Waals surface area contributed by atoms with E-state index in [4.69, 9.17) is 0 Å². The summed E-state index contributed by atoms with van der Waals surface area (Å²) in [5.41, 5.74) is 0.213. The fraction of sp³-hybridized carbons (Fsp3) is 0.833. The highest BCUT2D eigenvalue weighted by molar-refractivity contribution is 5.81. The van der Waals surface area contributed by atoms with Gasteiger partial charge in [-0.05, 0) is 20.8 Å². The Labute approximate surface area is 69.0 Å². The van der Waals surface area contributed by atoms with Crippen molar-refractivity contribution in [2.45, 2.75) is 32.5 Å². The summed E-state index contributed by atoms with van der Waals surface area (Å²) in [5, 5.41) is 0. The molecule has 0 aliphatic carbocycles. The number of hydrogen-bond donors (Lipinski definition) is 2. The van der Waals surface area contributed by atoms with Crippen LogP contribution in [0.2, 0.25) is 0 Å². The van der Waals surface area contributed by atoms with Gasteiger partial charge in [0, 0.05) is 0 Å². The highest BCUT2D eigenvalue weighted by atomic mass is 19.3. The van der Waals surface area contributed by atoms with Crippen molar-refractivity contribution in [3.05, 3.63) is 0 Å². The third-order valence-corrected chi connectivity index (χ3v) is 0.830. The van der Waals surface area contributed by atoms with Crippen LogP contribution >= 0.6 is 0 Å². The summed E-state index contributed by atoms with van der Waals surface area (Å²) in [7, 11) is 0. The number of rotatable bonds is 2. The molecule has 0 rings (SSSR count). The summed E-state index contributed by atoms with van der Waals surface area (Å²) in [6.45, 7) is 4.22. The van der Waals surface area contributed by atoms with E-state index < -0.39 is 17.6 Å². The third kappa shape index (κ3) is 3.59. The van der Waals surface area contributed by atoms with Gasteiger partial charge < -0.3 is 4.74 Å². The molecule has 0 aromatic rings. The molecule has 0 saturated carbocycles. The molecular weight excluding hydrogens is 170 g/mol. The van der Waals surface area contributed by atoms with Crippen molar-refractivity contribution in [1.82, 2.24) is 5.43 Å². The molecule has 1 amide bonds. The largest absolute Gasteiger partial charge is 0.438 e. The minimum atomic E-state index is -3.88. The molecule has 0 aromatic heterocycles. The number of ether oxygens (including phenoxy) is 1. The fourth-order valence-electron chi connectivity index (χ4n) is 0.515. The molecule has 0 heterocycles. The van der Waals surface area contributed by atoms with E-state index in [1.165, 1.54) is 26.2 Å². The first-order chi connectivity index (χ1) is 5.19. The van der Waals surface area contributed by atoms with E-state index >= 15 is 0 Å². The summed E-state index contributed by atoms with van der Waals surface area (Å²) in [5.74, 6) is 2.86. The van der Waals surface area contributed by atoms with Crippen LogP contribution in [0.15, 0.2) is 0 Å². The molecule has 72 valence electrons. The molecule has 0 spiro atoms. The molecule has 0 fully saturated rings. The second kappa shape index (κ2) is 3.32. The van der Waals surface area contributed by atoms with Crippen molar-refractivity contribution in [2.75, 3.05) is 0 Å². The Hall–Kier alpha value is -0.750. The number of carbonyl (C=O) groups excluding carboxylic acids is 1. The summed E-state index contributed by atoms with van der Waals surface area (Å²) < 4.78 is 29.4. The Morgan fingerprint density at radius 1 is 1.42 bits per heavy atom. The van der Waals surface area contributed by atoms with E-state index in [-0.39, 0.29) is 0 Å². The second-order valence-corrected chi connectivity index (χ2v) is 3.20. The van der Waals surface area contributed by atoms with Crippen molar-refractivity contribution >= 4 is 5.91 Å². The number of nitrogens with two attached hydrogens (primary N) is 1. The lowest BCUT2D eigenvalue weighted by Gasteiger charge is -2.25. The minimum absolute atomic E-state index is 1.10. The Bertz CT molecular complexity index is 177. The average molecular weight is 182 g/mol. The van der Waals surface area contributed by atoms with Crippen LogP contribution in [0.3, 0.4) is 0 Å². The van der Waals surface area contributed by atoms with E-state index in [2.05, 4.69) is 10.6 Å². The number of halogens is 2. The molecular formula is C6H12F2N2O2. The summed E-state index contributed by atoms with van der Waals surface area (Å²) in [4.78, 5) is 10.4. The zero-order valence-electron chi connectivity index (χ0n) is 7.15. The first-order valence-corrected chi connectivity index (χ1v) is 3.28. The maximum atomic E-state index is 12.6. The van der Waals surface area contributed by atoms with Gasteiger partial charge >= 0.3 is 12.0 Å². The lowest BCUT2D eigenvalue weighted by molar-refractivity contribution is -0.267. The van der Waals surface area contributed by atoms with Gasteiger partial charge in [0.05, 0.1) is 5.60 Å². The molecule has 0 aromatic carbocycles. The zero-order valence-corrected chi connectivity index (χ0v) is 7.15. The molecule has 6 heteroatoms. The number of alkyl halides is 2. The zero-order chi connectivity index (χ0) is 9.99. The predicted molar refractivity (Wildman–Crippen MR) is 38.1 cm³/mol. The van der Waals surface area contributed by atoms with E-state index in [1.807, 2.05) is 0 Å². The van der Waals surface area contributed by atoms with Gasteiger partial charge in [-0.3, -0.25) is 10.2 Å². The first-order valence-electron chi connectivity index (χ1n) is 3.28. The van der Waals surface area contributed by atoms with Crippen LogP contribution in [0.1, 0.15) is 20.8 Å². The number of amides is 1. The number of hydrazine groups is 1. The number of carbonyl (C=O) groups is 1. The van der Waals surface area contributed by atoms with Gasteiger partial charge in [-0.1, -0.05) is 0 Å². The van der Waals surface area contributed by atoms with Crippen LogP contribution in [0.25, 0.3) is 0 Å². The van der Waals surface area contributed by atoms with Gasteiger partial charge in [0.1, 0.15) is 0 Å². The molecule has 0 saturated heterocycles. The predicted octanol–water partition coefficient (Wildman–Crippen LogP) is 0.384. The standard InChI is InChI=1S/C6H12F2N2O2/c1-5(2,3)12-6(7,8)4(11)10-9/h9H2,1-3H3,(H,10,11). The molecule has 4 nitrogen and oxygen atoms in total. The van der Waals surface area contributed by atoms with E-state index in [9.17, 15) is 13.6 Å². The van der Waals surface area contributed by atoms with Crippen molar-refractivity contribution in [3.8, 4) is 0 Å². The lowest BCUT2D eigenvalue weighted by Crippen LogP contribution is -2.48. The normalized spacial score (nSPS) is 12.8. The Kier molecular flexibility index (Phi) is 3.11. The maximum absolute atomic E-state index is 12.6. The van der Waals surface area contributed by atoms with Gasteiger partial charge in [0.2, 0.25) is 0 Å². The molecule has 12 heavy (non-hydrogen) atoms. The third-order valence-electron chi connectivity index (χ3n) is 0.830. The lowest BCUT2D eigenvalue weighted by atomic mass is 10.2. The Morgan fingerprint density at radius 2 is 1.83 bits per heavy atom. The van der Waals surface area contributed by atoms with Crippen molar-refractivity contribution in [1.29, 1.82) is 0 Å². The number of hydrogen-bond acceptors (Lipinski definition) is 3. The topological polar surface area (TPSA) is 64.3 Å². The van der Waals surface area contributed by atoms with Crippen molar-refractivity contribution in [2.24, 2.45) is 5.84 Å². The highest BCUT2D eigenvalue weighted by Gasteiger charge is 2.43. The summed E-state index contributed by atoms with van der Waals surface area (Å²) in [6, 6.07) is 0. The highest BCUT2D eigenvalue weighted by Crippen LogP contribution is 2.23. The van der Waals surface area contributed by atoms with Crippen LogP contribution in [0, 0.1) is 0 Å². The van der Waals surface area contributed by atoms with Gasteiger partial charge in [-0.25, -0.2) is 5.84 Å². The summed E-state index contributed by atoms with van der Waals surface area (Å²) >= 11 is 0. The van der Waals surface area contributed by atoms with E-state index in [0.29, 0.717) is 0 Å². The number of nitrogens with one attached hydrogen (secondary N) is 1. The van der Waals surface area contributed by atoms with Crippen LogP contribution in [-0.2, 0) is 9.53 Å². The van der Waals surface area contributed by atoms with Crippen LogP contribution < -0.4 is 11.3 Å². The van der Waals surface area contributed by atoms with Crippen molar-refractivity contribution < 1.29 is 18.3 Å². The fourth-order valence-corrected chi connectivity index (χ4v) is 0.515. The SMILES string of the molecule is CC(C)(C)OC(F)(F)C(=O)NN.